The zero-order chi connectivity index (χ0) is 20.5. The highest BCUT2D eigenvalue weighted by atomic mass is 35.5. The largest absolute Gasteiger partial charge is 0.343 e. The Kier molecular flexibility index (Phi) is 5.11. The number of benzene rings is 2. The summed E-state index contributed by atoms with van der Waals surface area (Å²) >= 11 is 6.00. The first-order valence-electron chi connectivity index (χ1n) is 10.2. The van der Waals surface area contributed by atoms with Gasteiger partial charge < -0.3 is 4.57 Å². The van der Waals surface area contributed by atoms with E-state index in [2.05, 4.69) is 51.5 Å². The van der Waals surface area contributed by atoms with Crippen LogP contribution in [0.4, 0.5) is 0 Å². The summed E-state index contributed by atoms with van der Waals surface area (Å²) in [7, 11) is 0. The molecule has 0 aliphatic carbocycles. The number of aromatic nitrogens is 3. The number of nitrogens with zero attached hydrogens (tertiary/aromatic N) is 4. The maximum atomic E-state index is 6.00. The van der Waals surface area contributed by atoms with Gasteiger partial charge in [-0.25, -0.2) is 9.97 Å². The molecule has 1 aliphatic rings. The van der Waals surface area contributed by atoms with E-state index in [1.54, 1.807) is 0 Å². The van der Waals surface area contributed by atoms with Crippen LogP contribution in [0.25, 0.3) is 22.3 Å². The molecule has 0 radical (unpaired) electrons. The van der Waals surface area contributed by atoms with Crippen molar-refractivity contribution < 1.29 is 0 Å². The highest BCUT2D eigenvalue weighted by Crippen LogP contribution is 2.26. The van der Waals surface area contributed by atoms with E-state index >= 15 is 0 Å². The molecule has 2 aromatic heterocycles. The summed E-state index contributed by atoms with van der Waals surface area (Å²) in [6.45, 7) is 7.50. The molecule has 1 aliphatic heterocycles. The van der Waals surface area contributed by atoms with Gasteiger partial charge in [-0.1, -0.05) is 35.9 Å². The number of para-hydroxylation sites is 1. The molecule has 0 N–H and O–H groups in total. The minimum atomic E-state index is 0.724. The number of rotatable bonds is 5. The molecule has 150 valence electrons. The molecule has 0 saturated heterocycles. The monoisotopic (exact) mass is 414 g/mol. The van der Waals surface area contributed by atoms with Crippen molar-refractivity contribution in [1.29, 1.82) is 0 Å². The van der Waals surface area contributed by atoms with Crippen molar-refractivity contribution in [3.63, 3.8) is 0 Å². The van der Waals surface area contributed by atoms with Gasteiger partial charge in [-0.05, 0) is 35.9 Å². The quantitative estimate of drug-likeness (QED) is 0.404. The zero-order valence-corrected chi connectivity index (χ0v) is 17.5. The van der Waals surface area contributed by atoms with E-state index in [1.807, 2.05) is 36.5 Å². The van der Waals surface area contributed by atoms with Crippen molar-refractivity contribution in [2.45, 2.75) is 26.1 Å². The Balaban J connectivity index is 1.37. The van der Waals surface area contributed by atoms with Crippen molar-refractivity contribution in [2.75, 3.05) is 6.54 Å². The van der Waals surface area contributed by atoms with Gasteiger partial charge in [-0.15, -0.1) is 6.58 Å². The third kappa shape index (κ3) is 3.64. The van der Waals surface area contributed by atoms with Crippen LogP contribution >= 0.6 is 11.6 Å². The normalized spacial score (nSPS) is 14.0. The summed E-state index contributed by atoms with van der Waals surface area (Å²) in [5, 5.41) is 2.04. The molecule has 30 heavy (non-hydrogen) atoms. The summed E-state index contributed by atoms with van der Waals surface area (Å²) in [4.78, 5) is 11.9. The van der Waals surface area contributed by atoms with Crippen molar-refractivity contribution in [1.82, 2.24) is 19.4 Å². The highest BCUT2D eigenvalue weighted by Gasteiger charge is 2.20. The van der Waals surface area contributed by atoms with E-state index < -0.39 is 0 Å². The van der Waals surface area contributed by atoms with Gasteiger partial charge in [0, 0.05) is 72.0 Å². The van der Waals surface area contributed by atoms with Crippen molar-refractivity contribution >= 4 is 22.5 Å². The van der Waals surface area contributed by atoms with E-state index in [1.165, 1.54) is 22.0 Å². The van der Waals surface area contributed by atoms with Gasteiger partial charge in [-0.2, -0.15) is 0 Å². The smallest absolute Gasteiger partial charge is 0.159 e. The summed E-state index contributed by atoms with van der Waals surface area (Å²) in [5.41, 5.74) is 5.99. The Hall–Kier alpha value is -2.95. The Labute approximate surface area is 181 Å². The number of hydrogen-bond acceptors (Lipinski definition) is 3. The molecule has 5 heteroatoms. The van der Waals surface area contributed by atoms with E-state index in [0.29, 0.717) is 0 Å². The topological polar surface area (TPSA) is 34.0 Å². The zero-order valence-electron chi connectivity index (χ0n) is 16.8. The molecule has 2 aromatic carbocycles. The lowest BCUT2D eigenvalue weighted by Crippen LogP contribution is -2.30. The molecule has 4 aromatic rings. The predicted molar refractivity (Wildman–Crippen MR) is 122 cm³/mol. The van der Waals surface area contributed by atoms with Crippen molar-refractivity contribution in [2.24, 2.45) is 0 Å². The molecule has 0 atom stereocenters. The molecule has 0 fully saturated rings. The van der Waals surface area contributed by atoms with Crippen LogP contribution in [0.15, 0.2) is 73.6 Å². The summed E-state index contributed by atoms with van der Waals surface area (Å²) in [6, 6.07) is 16.3. The molecule has 0 saturated carbocycles. The average Bonchev–Trinajstić information content (AvgIpc) is 3.12. The van der Waals surface area contributed by atoms with Gasteiger partial charge in [0.05, 0.1) is 5.69 Å². The average molecular weight is 415 g/mol. The summed E-state index contributed by atoms with van der Waals surface area (Å²) < 4.78 is 2.27. The molecular weight excluding hydrogens is 392 g/mol. The lowest BCUT2D eigenvalue weighted by Gasteiger charge is -2.28. The molecule has 0 unspecified atom stereocenters. The summed E-state index contributed by atoms with van der Waals surface area (Å²) in [5.74, 6) is 0.770. The number of fused-ring (bicyclic) bond motifs is 2. The molecular formula is C25H23ClN4. The molecule has 0 amide bonds. The van der Waals surface area contributed by atoms with Crippen LogP contribution in [0.2, 0.25) is 5.02 Å². The fraction of sp³-hybridized carbons (Fsp3) is 0.200. The van der Waals surface area contributed by atoms with Crippen LogP contribution in [0.1, 0.15) is 16.8 Å². The second-order valence-corrected chi connectivity index (χ2v) is 8.18. The van der Waals surface area contributed by atoms with E-state index in [4.69, 9.17) is 16.6 Å². The molecule has 5 rings (SSSR count). The van der Waals surface area contributed by atoms with E-state index in [0.717, 1.165) is 54.7 Å². The van der Waals surface area contributed by atoms with Crippen molar-refractivity contribution in [3.05, 3.63) is 95.4 Å². The molecule has 0 bridgehead atoms. The Morgan fingerprint density at radius 1 is 1.10 bits per heavy atom. The van der Waals surface area contributed by atoms with Crippen LogP contribution in [0.3, 0.4) is 0 Å². The first-order valence-corrected chi connectivity index (χ1v) is 10.6. The van der Waals surface area contributed by atoms with Gasteiger partial charge >= 0.3 is 0 Å². The Morgan fingerprint density at radius 3 is 2.77 bits per heavy atom. The van der Waals surface area contributed by atoms with E-state index in [-0.39, 0.29) is 0 Å². The predicted octanol–water partition coefficient (Wildman–Crippen LogP) is 5.50. The number of hydrogen-bond donors (Lipinski definition) is 0. The second kappa shape index (κ2) is 8.05. The minimum absolute atomic E-state index is 0.724. The van der Waals surface area contributed by atoms with Crippen LogP contribution in [-0.2, 0) is 26.1 Å². The summed E-state index contributed by atoms with van der Waals surface area (Å²) in [6.07, 6.45) is 7.13. The van der Waals surface area contributed by atoms with Crippen LogP contribution in [0.5, 0.6) is 0 Å². The lowest BCUT2D eigenvalue weighted by atomic mass is 10.1. The van der Waals surface area contributed by atoms with Crippen molar-refractivity contribution in [3.8, 4) is 11.4 Å². The maximum Gasteiger partial charge on any atom is 0.159 e. The van der Waals surface area contributed by atoms with Gasteiger partial charge in [0.1, 0.15) is 0 Å². The lowest BCUT2D eigenvalue weighted by molar-refractivity contribution is 0.243. The SMILES string of the molecule is C=CCn1cc(CN2CCc3nc(-c4ccc(Cl)cc4)ncc3C2)c2ccccc21. The number of halogens is 1. The third-order valence-electron chi connectivity index (χ3n) is 5.71. The second-order valence-electron chi connectivity index (χ2n) is 7.75. The Bertz CT molecular complexity index is 1210. The van der Waals surface area contributed by atoms with Crippen LogP contribution < -0.4 is 0 Å². The third-order valence-corrected chi connectivity index (χ3v) is 5.96. The first kappa shape index (κ1) is 19.0. The molecule has 0 spiro atoms. The fourth-order valence-corrected chi connectivity index (χ4v) is 4.35. The minimum Gasteiger partial charge on any atom is -0.343 e. The van der Waals surface area contributed by atoms with Gasteiger partial charge in [-0.3, -0.25) is 4.90 Å². The highest BCUT2D eigenvalue weighted by molar-refractivity contribution is 6.30. The van der Waals surface area contributed by atoms with Gasteiger partial charge in [0.15, 0.2) is 5.82 Å². The number of allylic oxidation sites excluding steroid dienone is 1. The molecule has 3 heterocycles. The standard InChI is InChI=1S/C25H23ClN4/c1-2-12-30-17-20(22-5-3-4-6-24(22)30)16-29-13-11-23-19(15-29)14-27-25(28-23)18-7-9-21(26)10-8-18/h2-10,14,17H,1,11-13,15-16H2. The molecule has 4 nitrogen and oxygen atoms in total. The van der Waals surface area contributed by atoms with Crippen LogP contribution in [0, 0.1) is 0 Å². The first-order chi connectivity index (χ1) is 14.7. The fourth-order valence-electron chi connectivity index (χ4n) is 4.23. The maximum absolute atomic E-state index is 6.00. The van der Waals surface area contributed by atoms with Gasteiger partial charge in [0.25, 0.3) is 0 Å². The van der Waals surface area contributed by atoms with Gasteiger partial charge in [0.2, 0.25) is 0 Å². The van der Waals surface area contributed by atoms with E-state index in [9.17, 15) is 0 Å². The van der Waals surface area contributed by atoms with Crippen LogP contribution in [-0.4, -0.2) is 26.0 Å². The Morgan fingerprint density at radius 2 is 1.93 bits per heavy atom.